The van der Waals surface area contributed by atoms with Gasteiger partial charge >= 0.3 is 0 Å². The number of carbonyl (C=O) groups excluding carboxylic acids is 1. The fraction of sp³-hybridized carbons (Fsp3) is 0.500. The van der Waals surface area contributed by atoms with Gasteiger partial charge in [0.15, 0.2) is 6.29 Å². The van der Waals surface area contributed by atoms with Gasteiger partial charge in [-0.3, -0.25) is 4.79 Å². The van der Waals surface area contributed by atoms with Gasteiger partial charge in [0.1, 0.15) is 0 Å². The molecule has 0 aliphatic carbocycles. The minimum atomic E-state index is 0.792. The molecule has 1 aromatic carbocycles. The summed E-state index contributed by atoms with van der Waals surface area (Å²) in [6.45, 7) is 6.45. The van der Waals surface area contributed by atoms with Gasteiger partial charge in [-0.2, -0.15) is 0 Å². The zero-order valence-electron chi connectivity index (χ0n) is 10.1. The third-order valence-electron chi connectivity index (χ3n) is 3.51. The number of aryl methyl sites for hydroxylation is 1. The first-order valence-electron chi connectivity index (χ1n) is 6.05. The molecule has 1 aliphatic heterocycles. The van der Waals surface area contributed by atoms with Crippen molar-refractivity contribution in [1.82, 2.24) is 0 Å². The van der Waals surface area contributed by atoms with Crippen molar-refractivity contribution in [3.05, 3.63) is 29.3 Å². The number of rotatable bonds is 3. The summed E-state index contributed by atoms with van der Waals surface area (Å²) in [7, 11) is 0. The van der Waals surface area contributed by atoms with Crippen molar-refractivity contribution in [2.24, 2.45) is 5.92 Å². The Morgan fingerprint density at radius 1 is 1.50 bits per heavy atom. The molecule has 2 heteroatoms. The van der Waals surface area contributed by atoms with Gasteiger partial charge in [0.2, 0.25) is 0 Å². The molecule has 0 amide bonds. The monoisotopic (exact) mass is 217 g/mol. The molecule has 86 valence electrons. The Hall–Kier alpha value is -1.31. The minimum absolute atomic E-state index is 0.792. The zero-order chi connectivity index (χ0) is 11.5. The second-order valence-corrected chi connectivity index (χ2v) is 4.69. The highest BCUT2D eigenvalue weighted by Gasteiger charge is 2.22. The SMILES string of the molecule is CCC1CCN(c2ccc(C)cc2C=O)C1. The van der Waals surface area contributed by atoms with Crippen LogP contribution in [-0.4, -0.2) is 19.4 Å². The quantitative estimate of drug-likeness (QED) is 0.725. The maximum absolute atomic E-state index is 11.1. The fourth-order valence-corrected chi connectivity index (χ4v) is 2.44. The molecule has 1 atom stereocenters. The molecule has 1 aliphatic rings. The number of hydrogen-bond donors (Lipinski definition) is 0. The van der Waals surface area contributed by atoms with E-state index >= 15 is 0 Å². The van der Waals surface area contributed by atoms with Gasteiger partial charge in [0, 0.05) is 24.3 Å². The van der Waals surface area contributed by atoms with Crippen molar-refractivity contribution in [1.29, 1.82) is 0 Å². The number of benzene rings is 1. The van der Waals surface area contributed by atoms with Crippen LogP contribution in [0.15, 0.2) is 18.2 Å². The summed E-state index contributed by atoms with van der Waals surface area (Å²) in [5.41, 5.74) is 3.09. The minimum Gasteiger partial charge on any atom is -0.371 e. The molecule has 0 aromatic heterocycles. The van der Waals surface area contributed by atoms with E-state index in [0.717, 1.165) is 42.1 Å². The van der Waals surface area contributed by atoms with Gasteiger partial charge in [0.25, 0.3) is 0 Å². The number of carbonyl (C=O) groups is 1. The number of nitrogens with zero attached hydrogens (tertiary/aromatic N) is 1. The van der Waals surface area contributed by atoms with Crippen LogP contribution in [0.25, 0.3) is 0 Å². The number of aldehydes is 1. The first-order valence-corrected chi connectivity index (χ1v) is 6.05. The fourth-order valence-electron chi connectivity index (χ4n) is 2.44. The van der Waals surface area contributed by atoms with Crippen LogP contribution in [0.1, 0.15) is 35.7 Å². The molecule has 1 saturated heterocycles. The highest BCUT2D eigenvalue weighted by atomic mass is 16.1. The van der Waals surface area contributed by atoms with E-state index in [-0.39, 0.29) is 0 Å². The molecule has 2 nitrogen and oxygen atoms in total. The van der Waals surface area contributed by atoms with E-state index in [1.165, 1.54) is 12.8 Å². The molecule has 0 bridgehead atoms. The van der Waals surface area contributed by atoms with Gasteiger partial charge in [-0.05, 0) is 31.4 Å². The van der Waals surface area contributed by atoms with E-state index in [1.54, 1.807) is 0 Å². The second kappa shape index (κ2) is 4.69. The van der Waals surface area contributed by atoms with E-state index in [2.05, 4.69) is 24.0 Å². The Balaban J connectivity index is 2.24. The molecule has 2 rings (SSSR count). The number of anilines is 1. The average molecular weight is 217 g/mol. The molecular formula is C14H19NO. The zero-order valence-corrected chi connectivity index (χ0v) is 10.1. The summed E-state index contributed by atoms with van der Waals surface area (Å²) < 4.78 is 0. The van der Waals surface area contributed by atoms with Crippen molar-refractivity contribution >= 4 is 12.0 Å². The summed E-state index contributed by atoms with van der Waals surface area (Å²) in [6.07, 6.45) is 3.46. The van der Waals surface area contributed by atoms with Gasteiger partial charge in [-0.15, -0.1) is 0 Å². The summed E-state index contributed by atoms with van der Waals surface area (Å²) in [5.74, 6) is 0.792. The largest absolute Gasteiger partial charge is 0.371 e. The Kier molecular flexibility index (Phi) is 3.28. The van der Waals surface area contributed by atoms with Gasteiger partial charge < -0.3 is 4.90 Å². The van der Waals surface area contributed by atoms with E-state index in [9.17, 15) is 4.79 Å². The highest BCUT2D eigenvalue weighted by molar-refractivity contribution is 5.85. The summed E-state index contributed by atoms with van der Waals surface area (Å²) in [4.78, 5) is 13.4. The Labute approximate surface area is 97.3 Å². The number of hydrogen-bond acceptors (Lipinski definition) is 2. The van der Waals surface area contributed by atoms with Crippen LogP contribution in [0, 0.1) is 12.8 Å². The van der Waals surface area contributed by atoms with Crippen molar-refractivity contribution in [2.45, 2.75) is 26.7 Å². The molecular weight excluding hydrogens is 198 g/mol. The van der Waals surface area contributed by atoms with Crippen molar-refractivity contribution < 1.29 is 4.79 Å². The van der Waals surface area contributed by atoms with Gasteiger partial charge in [0.05, 0.1) is 0 Å². The summed E-state index contributed by atoms with van der Waals surface area (Å²) in [5, 5.41) is 0. The van der Waals surface area contributed by atoms with E-state index in [0.29, 0.717) is 0 Å². The molecule has 1 heterocycles. The third-order valence-corrected chi connectivity index (χ3v) is 3.51. The van der Waals surface area contributed by atoms with E-state index < -0.39 is 0 Å². The Morgan fingerprint density at radius 3 is 2.94 bits per heavy atom. The molecule has 0 saturated carbocycles. The lowest BCUT2D eigenvalue weighted by Gasteiger charge is -2.20. The van der Waals surface area contributed by atoms with Crippen LogP contribution >= 0.6 is 0 Å². The molecule has 0 spiro atoms. The maximum atomic E-state index is 11.1. The van der Waals surface area contributed by atoms with Gasteiger partial charge in [-0.1, -0.05) is 25.0 Å². The summed E-state index contributed by atoms with van der Waals surface area (Å²) in [6, 6.07) is 6.14. The Morgan fingerprint density at radius 2 is 2.31 bits per heavy atom. The second-order valence-electron chi connectivity index (χ2n) is 4.69. The molecule has 1 fully saturated rings. The molecule has 16 heavy (non-hydrogen) atoms. The van der Waals surface area contributed by atoms with Crippen LogP contribution < -0.4 is 4.90 Å². The van der Waals surface area contributed by atoms with Crippen molar-refractivity contribution in [3.63, 3.8) is 0 Å². The standard InChI is InChI=1S/C14H19NO/c1-3-12-6-7-15(9-12)14-5-4-11(2)8-13(14)10-16/h4-5,8,10,12H,3,6-7,9H2,1-2H3. The molecule has 1 unspecified atom stereocenters. The average Bonchev–Trinajstić information content (AvgIpc) is 2.77. The smallest absolute Gasteiger partial charge is 0.152 e. The van der Waals surface area contributed by atoms with Crippen LogP contribution in [0.4, 0.5) is 5.69 Å². The Bertz CT molecular complexity index is 386. The predicted octanol–water partition coefficient (Wildman–Crippen LogP) is 3.04. The van der Waals surface area contributed by atoms with E-state index in [4.69, 9.17) is 0 Å². The molecule has 0 radical (unpaired) electrons. The van der Waals surface area contributed by atoms with Gasteiger partial charge in [-0.25, -0.2) is 0 Å². The van der Waals surface area contributed by atoms with Crippen molar-refractivity contribution in [3.8, 4) is 0 Å². The summed E-state index contributed by atoms with van der Waals surface area (Å²) >= 11 is 0. The molecule has 0 N–H and O–H groups in total. The van der Waals surface area contributed by atoms with Crippen LogP contribution in [0.5, 0.6) is 0 Å². The highest BCUT2D eigenvalue weighted by Crippen LogP contribution is 2.28. The molecule has 1 aromatic rings. The lowest BCUT2D eigenvalue weighted by atomic mass is 10.1. The van der Waals surface area contributed by atoms with Crippen LogP contribution in [-0.2, 0) is 0 Å². The predicted molar refractivity (Wildman–Crippen MR) is 67.2 cm³/mol. The van der Waals surface area contributed by atoms with Crippen LogP contribution in [0.2, 0.25) is 0 Å². The first kappa shape index (κ1) is 11.2. The normalized spacial score (nSPS) is 20.1. The van der Waals surface area contributed by atoms with Crippen LogP contribution in [0.3, 0.4) is 0 Å². The lowest BCUT2D eigenvalue weighted by Crippen LogP contribution is -2.20. The van der Waals surface area contributed by atoms with Crippen molar-refractivity contribution in [2.75, 3.05) is 18.0 Å². The van der Waals surface area contributed by atoms with E-state index in [1.807, 2.05) is 13.0 Å². The topological polar surface area (TPSA) is 20.3 Å². The lowest BCUT2D eigenvalue weighted by molar-refractivity contribution is 0.112. The third kappa shape index (κ3) is 2.11. The maximum Gasteiger partial charge on any atom is 0.152 e. The first-order chi connectivity index (χ1) is 7.74.